The standard InChI is InChI=1S/C8H5Cl2F3O/c1-14-4-2-5(11)7(6(12)3-4)8(9,10)13/h2-3H,1H3. The maximum absolute atomic E-state index is 13.1. The summed E-state index contributed by atoms with van der Waals surface area (Å²) in [6.45, 7) is 0. The minimum absolute atomic E-state index is 0.0821. The lowest BCUT2D eigenvalue weighted by molar-refractivity contribution is 0.365. The first-order valence-electron chi connectivity index (χ1n) is 3.46. The zero-order chi connectivity index (χ0) is 10.9. The summed E-state index contributed by atoms with van der Waals surface area (Å²) in [6, 6.07) is 1.58. The summed E-state index contributed by atoms with van der Waals surface area (Å²) < 4.78 is 40.5. The Morgan fingerprint density at radius 3 is 1.93 bits per heavy atom. The third kappa shape index (κ3) is 2.25. The molecule has 0 heterocycles. The second-order valence-electron chi connectivity index (χ2n) is 2.46. The van der Waals surface area contributed by atoms with Crippen LogP contribution < -0.4 is 4.74 Å². The van der Waals surface area contributed by atoms with Gasteiger partial charge in [-0.05, 0) is 0 Å². The number of ether oxygens (including phenoxy) is 1. The molecule has 0 aliphatic heterocycles. The maximum Gasteiger partial charge on any atom is 0.288 e. The summed E-state index contributed by atoms with van der Waals surface area (Å²) in [5.74, 6) is -2.48. The van der Waals surface area contributed by atoms with Crippen LogP contribution in [0.15, 0.2) is 12.1 Å². The molecule has 0 radical (unpaired) electrons. The highest BCUT2D eigenvalue weighted by molar-refractivity contribution is 6.46. The molecule has 0 amide bonds. The Labute approximate surface area is 88.4 Å². The van der Waals surface area contributed by atoms with Gasteiger partial charge in [-0.1, -0.05) is 23.2 Å². The van der Waals surface area contributed by atoms with Gasteiger partial charge in [-0.25, -0.2) is 13.2 Å². The molecule has 14 heavy (non-hydrogen) atoms. The van der Waals surface area contributed by atoms with Crippen LogP contribution in [0.4, 0.5) is 13.2 Å². The van der Waals surface area contributed by atoms with Gasteiger partial charge < -0.3 is 4.74 Å². The third-order valence-electron chi connectivity index (χ3n) is 1.53. The molecule has 0 unspecified atom stereocenters. The lowest BCUT2D eigenvalue weighted by atomic mass is 10.2. The zero-order valence-corrected chi connectivity index (χ0v) is 8.46. The monoisotopic (exact) mass is 244 g/mol. The van der Waals surface area contributed by atoms with E-state index >= 15 is 0 Å². The minimum Gasteiger partial charge on any atom is -0.497 e. The van der Waals surface area contributed by atoms with Crippen molar-refractivity contribution in [1.82, 2.24) is 0 Å². The van der Waals surface area contributed by atoms with Crippen LogP contribution in [0.25, 0.3) is 0 Å². The highest BCUT2D eigenvalue weighted by Gasteiger charge is 2.33. The summed E-state index contributed by atoms with van der Waals surface area (Å²) in [4.78, 5) is 0. The van der Waals surface area contributed by atoms with Crippen LogP contribution in [0.2, 0.25) is 0 Å². The van der Waals surface area contributed by atoms with Crippen molar-refractivity contribution in [3.05, 3.63) is 29.3 Å². The van der Waals surface area contributed by atoms with Gasteiger partial charge in [-0.15, -0.1) is 0 Å². The van der Waals surface area contributed by atoms with E-state index < -0.39 is 21.8 Å². The molecule has 0 aliphatic carbocycles. The predicted octanol–water partition coefficient (Wildman–Crippen LogP) is 3.53. The first-order chi connectivity index (χ1) is 6.36. The number of benzene rings is 1. The summed E-state index contributed by atoms with van der Waals surface area (Å²) in [5, 5.41) is 0. The number of hydrogen-bond donors (Lipinski definition) is 0. The van der Waals surface area contributed by atoms with E-state index in [0.29, 0.717) is 0 Å². The van der Waals surface area contributed by atoms with E-state index in [9.17, 15) is 13.2 Å². The van der Waals surface area contributed by atoms with Gasteiger partial charge in [0.25, 0.3) is 4.59 Å². The zero-order valence-electron chi connectivity index (χ0n) is 6.95. The lowest BCUT2D eigenvalue weighted by Crippen LogP contribution is -2.09. The fraction of sp³-hybridized carbons (Fsp3) is 0.250. The van der Waals surface area contributed by atoms with Crippen LogP contribution in [0.5, 0.6) is 5.75 Å². The average Bonchev–Trinajstić information content (AvgIpc) is 1.99. The number of methoxy groups -OCH3 is 1. The van der Waals surface area contributed by atoms with Crippen molar-refractivity contribution in [3.63, 3.8) is 0 Å². The van der Waals surface area contributed by atoms with Crippen LogP contribution in [0, 0.1) is 11.6 Å². The normalized spacial score (nSPS) is 11.6. The van der Waals surface area contributed by atoms with E-state index in [0.717, 1.165) is 12.1 Å². The van der Waals surface area contributed by atoms with Gasteiger partial charge in [0, 0.05) is 12.1 Å². The van der Waals surface area contributed by atoms with Crippen molar-refractivity contribution < 1.29 is 17.9 Å². The predicted molar refractivity (Wildman–Crippen MR) is 47.4 cm³/mol. The topological polar surface area (TPSA) is 9.23 Å². The summed E-state index contributed by atoms with van der Waals surface area (Å²) >= 11 is 9.89. The van der Waals surface area contributed by atoms with Crippen molar-refractivity contribution in [2.24, 2.45) is 0 Å². The second kappa shape index (κ2) is 3.87. The maximum atomic E-state index is 13.1. The first-order valence-corrected chi connectivity index (χ1v) is 4.22. The molecule has 0 aromatic heterocycles. The molecule has 6 heteroatoms. The number of rotatable bonds is 2. The van der Waals surface area contributed by atoms with Crippen LogP contribution in [-0.2, 0) is 4.59 Å². The van der Waals surface area contributed by atoms with Crippen molar-refractivity contribution >= 4 is 23.2 Å². The molecule has 0 bridgehead atoms. The Balaban J connectivity index is 3.33. The molecule has 0 saturated heterocycles. The van der Waals surface area contributed by atoms with Gasteiger partial charge in [-0.3, -0.25) is 0 Å². The molecule has 0 N–H and O–H groups in total. The Morgan fingerprint density at radius 1 is 1.21 bits per heavy atom. The largest absolute Gasteiger partial charge is 0.497 e. The fourth-order valence-corrected chi connectivity index (χ4v) is 1.30. The Bertz CT molecular complexity index is 326. The highest BCUT2D eigenvalue weighted by atomic mass is 35.5. The summed E-state index contributed by atoms with van der Waals surface area (Å²) in [5.41, 5.74) is -1.04. The fourth-order valence-electron chi connectivity index (χ4n) is 0.939. The minimum atomic E-state index is -3.10. The Kier molecular flexibility index (Phi) is 3.17. The van der Waals surface area contributed by atoms with E-state index in [1.54, 1.807) is 0 Å². The Morgan fingerprint density at radius 2 is 1.64 bits per heavy atom. The molecule has 0 aliphatic rings. The molecule has 1 aromatic carbocycles. The molecule has 0 spiro atoms. The molecular formula is C8H5Cl2F3O. The van der Waals surface area contributed by atoms with Crippen molar-refractivity contribution in [2.45, 2.75) is 4.59 Å². The molecule has 0 fully saturated rings. The molecule has 1 rings (SSSR count). The van der Waals surface area contributed by atoms with Crippen molar-refractivity contribution in [1.29, 1.82) is 0 Å². The van der Waals surface area contributed by atoms with E-state index in [4.69, 9.17) is 23.2 Å². The molecule has 0 atom stereocenters. The second-order valence-corrected chi connectivity index (χ2v) is 3.70. The van der Waals surface area contributed by atoms with Crippen LogP contribution in [0.3, 0.4) is 0 Å². The van der Waals surface area contributed by atoms with E-state index in [1.165, 1.54) is 7.11 Å². The van der Waals surface area contributed by atoms with E-state index in [1.807, 2.05) is 0 Å². The van der Waals surface area contributed by atoms with E-state index in [-0.39, 0.29) is 5.75 Å². The molecule has 1 aromatic rings. The molecule has 0 saturated carbocycles. The van der Waals surface area contributed by atoms with Crippen LogP contribution in [0.1, 0.15) is 5.56 Å². The summed E-state index contributed by atoms with van der Waals surface area (Å²) in [6.07, 6.45) is 0. The van der Waals surface area contributed by atoms with Crippen molar-refractivity contribution in [2.75, 3.05) is 7.11 Å². The summed E-state index contributed by atoms with van der Waals surface area (Å²) in [7, 11) is 1.22. The van der Waals surface area contributed by atoms with E-state index in [2.05, 4.69) is 4.74 Å². The van der Waals surface area contributed by atoms with Gasteiger partial charge in [0.15, 0.2) is 0 Å². The van der Waals surface area contributed by atoms with Crippen molar-refractivity contribution in [3.8, 4) is 5.75 Å². The van der Waals surface area contributed by atoms with Crippen LogP contribution in [-0.4, -0.2) is 7.11 Å². The number of halogens is 5. The van der Waals surface area contributed by atoms with Gasteiger partial charge in [0.2, 0.25) is 0 Å². The molecule has 1 nitrogen and oxygen atoms in total. The van der Waals surface area contributed by atoms with Gasteiger partial charge >= 0.3 is 0 Å². The smallest absolute Gasteiger partial charge is 0.288 e. The molecular weight excluding hydrogens is 240 g/mol. The Hall–Kier alpha value is -0.610. The molecule has 78 valence electrons. The highest BCUT2D eigenvalue weighted by Crippen LogP contribution is 2.39. The average molecular weight is 245 g/mol. The quantitative estimate of drug-likeness (QED) is 0.724. The van der Waals surface area contributed by atoms with Crippen LogP contribution >= 0.6 is 23.2 Å². The SMILES string of the molecule is COc1cc(F)c(C(F)(Cl)Cl)c(F)c1. The van der Waals surface area contributed by atoms with Gasteiger partial charge in [0.1, 0.15) is 17.4 Å². The number of alkyl halides is 3. The first kappa shape index (κ1) is 11.5. The third-order valence-corrected chi connectivity index (χ3v) is 1.91. The van der Waals surface area contributed by atoms with Gasteiger partial charge in [-0.2, -0.15) is 0 Å². The number of hydrogen-bond acceptors (Lipinski definition) is 1. The van der Waals surface area contributed by atoms with Gasteiger partial charge in [0.05, 0.1) is 12.7 Å². The lowest BCUT2D eigenvalue weighted by Gasteiger charge is -2.12.